The van der Waals surface area contributed by atoms with E-state index in [0.717, 1.165) is 35.6 Å². The number of hydrogen-bond donors (Lipinski definition) is 2. The second-order valence-corrected chi connectivity index (χ2v) is 12.9. The molecule has 2 N–H and O–H groups in total. The third-order valence-electron chi connectivity index (χ3n) is 8.20. The molecule has 0 saturated carbocycles. The number of rotatable bonds is 5. The van der Waals surface area contributed by atoms with Crippen molar-refractivity contribution in [3.05, 3.63) is 54.0 Å². The number of nitrogens with one attached hydrogen (secondary N) is 2. The lowest BCUT2D eigenvalue weighted by Gasteiger charge is -2.44. The number of urea groups is 1. The van der Waals surface area contributed by atoms with Crippen LogP contribution in [0.15, 0.2) is 42.7 Å². The monoisotopic (exact) mass is 602 g/mol. The summed E-state index contributed by atoms with van der Waals surface area (Å²) in [7, 11) is 1.73. The average molecular weight is 603 g/mol. The number of aromatic nitrogens is 3. The summed E-state index contributed by atoms with van der Waals surface area (Å²) in [5.74, 6) is -0.570. The van der Waals surface area contributed by atoms with E-state index in [1.165, 1.54) is 4.90 Å². The van der Waals surface area contributed by atoms with Gasteiger partial charge < -0.3 is 30.1 Å². The predicted molar refractivity (Wildman–Crippen MR) is 170 cm³/mol. The number of hydrogen-bond acceptors (Lipinski definition) is 7. The fraction of sp³-hybridized carbons (Fsp3) is 0.469. The smallest absolute Gasteiger partial charge is 0.323 e. The molecule has 2 saturated heterocycles. The lowest BCUT2D eigenvalue weighted by molar-refractivity contribution is -0.144. The van der Waals surface area contributed by atoms with Crippen molar-refractivity contribution in [1.29, 1.82) is 0 Å². The van der Waals surface area contributed by atoms with Crippen LogP contribution in [0.2, 0.25) is 0 Å². The summed E-state index contributed by atoms with van der Waals surface area (Å²) in [4.78, 5) is 50.1. The van der Waals surface area contributed by atoms with Gasteiger partial charge in [0.2, 0.25) is 5.91 Å². The topological polar surface area (TPSA) is 125 Å². The maximum absolute atomic E-state index is 13.8. The molecule has 4 amide bonds. The van der Waals surface area contributed by atoms with Crippen molar-refractivity contribution in [3.8, 4) is 11.3 Å². The van der Waals surface area contributed by atoms with Crippen molar-refractivity contribution < 1.29 is 19.1 Å². The number of pyridine rings is 1. The molecular weight excluding hydrogens is 560 g/mol. The number of anilines is 3. The largest absolute Gasteiger partial charge is 0.378 e. The number of carbonyl (C=O) groups is 3. The molecule has 5 rings (SSSR count). The molecule has 0 radical (unpaired) electrons. The second kappa shape index (κ2) is 11.9. The normalized spacial score (nSPS) is 17.1. The molecule has 0 atom stereocenters. The number of benzene rings is 1. The first-order valence-electron chi connectivity index (χ1n) is 14.9. The molecule has 2 aliphatic heterocycles. The van der Waals surface area contributed by atoms with Crippen LogP contribution in [-0.2, 0) is 15.1 Å². The molecule has 44 heavy (non-hydrogen) atoms. The highest BCUT2D eigenvalue weighted by Crippen LogP contribution is 2.29. The molecule has 234 valence electrons. The first kappa shape index (κ1) is 31.0. The predicted octanol–water partition coefficient (Wildman–Crippen LogP) is 4.18. The number of morpholine rings is 1. The number of amides is 4. The molecule has 0 unspecified atom stereocenters. The summed E-state index contributed by atoms with van der Waals surface area (Å²) in [6, 6.07) is 9.16. The maximum atomic E-state index is 13.8. The first-order valence-corrected chi connectivity index (χ1v) is 14.9. The highest BCUT2D eigenvalue weighted by molar-refractivity contribution is 6.07. The van der Waals surface area contributed by atoms with Crippen LogP contribution in [0.4, 0.5) is 21.9 Å². The standard InChI is InChI=1S/C32H42N8O4/c1-21-8-9-22(18-24(21)25-11-10-23(19-33-25)38-14-16-44-17-15-38)34-30(43)35-26-20-40(31(2,3)4)36-27(26)28(41)39-13-12-37(7)29(42)32(39,5)6/h8-11,18-20H,12-17H2,1-7H3,(H2,34,35,43). The zero-order chi connectivity index (χ0) is 31.8. The van der Waals surface area contributed by atoms with Crippen LogP contribution in [-0.4, -0.2) is 94.4 Å². The molecular formula is C32H42N8O4. The van der Waals surface area contributed by atoms with E-state index in [1.54, 1.807) is 36.7 Å². The Morgan fingerprint density at radius 2 is 1.73 bits per heavy atom. The van der Waals surface area contributed by atoms with E-state index in [0.29, 0.717) is 32.0 Å². The van der Waals surface area contributed by atoms with Crippen LogP contribution in [0.5, 0.6) is 0 Å². The van der Waals surface area contributed by atoms with Gasteiger partial charge >= 0.3 is 6.03 Å². The lowest BCUT2D eigenvalue weighted by atomic mass is 9.97. The van der Waals surface area contributed by atoms with E-state index in [-0.39, 0.29) is 17.3 Å². The number of carbonyl (C=O) groups excluding carboxylic acids is 3. The first-order chi connectivity index (χ1) is 20.8. The van der Waals surface area contributed by atoms with Gasteiger partial charge in [0.15, 0.2) is 5.69 Å². The Kier molecular flexibility index (Phi) is 8.39. The minimum Gasteiger partial charge on any atom is -0.378 e. The van der Waals surface area contributed by atoms with Crippen molar-refractivity contribution in [2.24, 2.45) is 0 Å². The quantitative estimate of drug-likeness (QED) is 0.449. The fourth-order valence-corrected chi connectivity index (χ4v) is 5.48. The van der Waals surface area contributed by atoms with Crippen molar-refractivity contribution in [3.63, 3.8) is 0 Å². The molecule has 12 heteroatoms. The van der Waals surface area contributed by atoms with Gasteiger partial charge in [0.25, 0.3) is 5.91 Å². The summed E-state index contributed by atoms with van der Waals surface area (Å²) in [6.45, 7) is 15.2. The van der Waals surface area contributed by atoms with Gasteiger partial charge in [-0.3, -0.25) is 19.3 Å². The van der Waals surface area contributed by atoms with E-state index in [9.17, 15) is 14.4 Å². The van der Waals surface area contributed by atoms with E-state index >= 15 is 0 Å². The van der Waals surface area contributed by atoms with Crippen LogP contribution < -0.4 is 15.5 Å². The number of likely N-dealkylation sites (N-methyl/N-ethyl adjacent to an activating group) is 1. The summed E-state index contributed by atoms with van der Waals surface area (Å²) in [6.07, 6.45) is 3.52. The van der Waals surface area contributed by atoms with Gasteiger partial charge in [-0.05, 0) is 71.4 Å². The van der Waals surface area contributed by atoms with Crippen molar-refractivity contribution in [2.45, 2.75) is 52.6 Å². The number of piperazine rings is 1. The summed E-state index contributed by atoms with van der Waals surface area (Å²) >= 11 is 0. The van der Waals surface area contributed by atoms with Crippen LogP contribution >= 0.6 is 0 Å². The summed E-state index contributed by atoms with van der Waals surface area (Å²) in [5, 5.41) is 10.3. The SMILES string of the molecule is Cc1ccc(NC(=O)Nc2cn(C(C)(C)C)nc2C(=O)N2CCN(C)C(=O)C2(C)C)cc1-c1ccc(N2CCOCC2)cn1. The molecule has 2 fully saturated rings. The van der Waals surface area contributed by atoms with Gasteiger partial charge in [0.05, 0.1) is 48.2 Å². The van der Waals surface area contributed by atoms with Crippen molar-refractivity contribution in [2.75, 3.05) is 62.0 Å². The van der Waals surface area contributed by atoms with Gasteiger partial charge in [-0.2, -0.15) is 5.10 Å². The van der Waals surface area contributed by atoms with Crippen molar-refractivity contribution in [1.82, 2.24) is 24.6 Å². The third-order valence-corrected chi connectivity index (χ3v) is 8.20. The Bertz CT molecular complexity index is 1550. The van der Waals surface area contributed by atoms with Crippen LogP contribution in [0.1, 0.15) is 50.7 Å². The molecule has 1 aromatic carbocycles. The Labute approximate surface area is 258 Å². The number of aryl methyl sites for hydroxylation is 1. The second-order valence-electron chi connectivity index (χ2n) is 12.9. The molecule has 2 aromatic heterocycles. The zero-order valence-corrected chi connectivity index (χ0v) is 26.6. The summed E-state index contributed by atoms with van der Waals surface area (Å²) in [5.41, 5.74) is 3.18. The fourth-order valence-electron chi connectivity index (χ4n) is 5.48. The Morgan fingerprint density at radius 3 is 2.39 bits per heavy atom. The summed E-state index contributed by atoms with van der Waals surface area (Å²) < 4.78 is 7.10. The minimum absolute atomic E-state index is 0.0784. The Morgan fingerprint density at radius 1 is 1.00 bits per heavy atom. The lowest BCUT2D eigenvalue weighted by Crippen LogP contribution is -2.63. The molecule has 2 aliphatic rings. The number of ether oxygens (including phenoxy) is 1. The van der Waals surface area contributed by atoms with Gasteiger partial charge in [-0.1, -0.05) is 6.07 Å². The highest BCUT2D eigenvalue weighted by Gasteiger charge is 2.44. The van der Waals surface area contributed by atoms with E-state index < -0.39 is 23.0 Å². The molecule has 0 aliphatic carbocycles. The van der Waals surface area contributed by atoms with E-state index in [1.807, 2.05) is 58.2 Å². The molecule has 0 bridgehead atoms. The van der Waals surface area contributed by atoms with E-state index in [4.69, 9.17) is 9.72 Å². The van der Waals surface area contributed by atoms with Gasteiger partial charge in [0.1, 0.15) is 5.54 Å². The average Bonchev–Trinajstić information content (AvgIpc) is 3.41. The molecule has 0 spiro atoms. The van der Waals surface area contributed by atoms with Crippen molar-refractivity contribution >= 4 is 34.9 Å². The molecule has 4 heterocycles. The third kappa shape index (κ3) is 6.26. The zero-order valence-electron chi connectivity index (χ0n) is 26.6. The maximum Gasteiger partial charge on any atom is 0.323 e. The highest BCUT2D eigenvalue weighted by atomic mass is 16.5. The number of nitrogens with zero attached hydrogens (tertiary/aromatic N) is 6. The Balaban J connectivity index is 1.35. The minimum atomic E-state index is -1.05. The van der Waals surface area contributed by atoms with Gasteiger partial charge in [-0.15, -0.1) is 0 Å². The van der Waals surface area contributed by atoms with Crippen LogP contribution in [0.25, 0.3) is 11.3 Å². The van der Waals surface area contributed by atoms with Gasteiger partial charge in [0, 0.05) is 44.5 Å². The molecule has 12 nitrogen and oxygen atoms in total. The Hall–Kier alpha value is -4.45. The molecule has 3 aromatic rings. The van der Waals surface area contributed by atoms with Gasteiger partial charge in [-0.25, -0.2) is 4.79 Å². The van der Waals surface area contributed by atoms with Crippen LogP contribution in [0, 0.1) is 6.92 Å². The van der Waals surface area contributed by atoms with E-state index in [2.05, 4.69) is 26.7 Å². The van der Waals surface area contributed by atoms with Crippen LogP contribution in [0.3, 0.4) is 0 Å².